The summed E-state index contributed by atoms with van der Waals surface area (Å²) in [4.78, 5) is 29.6. The number of carboxylic acid groups (broad SMARTS) is 1. The van der Waals surface area contributed by atoms with Gasteiger partial charge >= 0.3 is 5.97 Å². The van der Waals surface area contributed by atoms with Crippen LogP contribution in [-0.2, 0) is 24.3 Å². The molecular formula is C31H37N3O3S. The monoisotopic (exact) mass is 531 g/mol. The first-order valence-corrected chi connectivity index (χ1v) is 14.4. The molecule has 1 amide bonds. The van der Waals surface area contributed by atoms with E-state index >= 15 is 0 Å². The zero-order valence-corrected chi connectivity index (χ0v) is 22.9. The second kappa shape index (κ2) is 11.8. The van der Waals surface area contributed by atoms with Gasteiger partial charge in [-0.1, -0.05) is 68.7 Å². The molecule has 0 spiro atoms. The van der Waals surface area contributed by atoms with E-state index in [9.17, 15) is 14.7 Å². The fourth-order valence-electron chi connectivity index (χ4n) is 5.10. The predicted molar refractivity (Wildman–Crippen MR) is 153 cm³/mol. The van der Waals surface area contributed by atoms with Gasteiger partial charge in [0.25, 0.3) is 0 Å². The number of hydrogen-bond donors (Lipinski definition) is 3. The average molecular weight is 532 g/mol. The number of benzene rings is 2. The SMILES string of the molecule is CCCCc1nc(C2CC2)c(CNC(=O)C(S)CC2CC2)n1Cc1ccc(-c2ccccc2C(=O)O)cc1. The van der Waals surface area contributed by atoms with Crippen molar-refractivity contribution in [3.05, 3.63) is 76.9 Å². The summed E-state index contributed by atoms with van der Waals surface area (Å²) in [7, 11) is 0. The number of thiol groups is 1. The Kier molecular flexibility index (Phi) is 8.22. The summed E-state index contributed by atoms with van der Waals surface area (Å²) >= 11 is 4.58. The first-order valence-electron chi connectivity index (χ1n) is 13.9. The van der Waals surface area contributed by atoms with Crippen LogP contribution in [-0.4, -0.2) is 31.8 Å². The molecule has 7 heteroatoms. The quantitative estimate of drug-likeness (QED) is 0.228. The number of carbonyl (C=O) groups excluding carboxylic acids is 1. The van der Waals surface area contributed by atoms with Crippen LogP contribution in [0.3, 0.4) is 0 Å². The van der Waals surface area contributed by atoms with Crippen molar-refractivity contribution in [2.45, 2.75) is 82.5 Å². The molecule has 1 atom stereocenters. The minimum Gasteiger partial charge on any atom is -0.478 e. The van der Waals surface area contributed by atoms with E-state index in [0.29, 0.717) is 36.1 Å². The minimum absolute atomic E-state index is 0.00582. The highest BCUT2D eigenvalue weighted by atomic mass is 32.1. The van der Waals surface area contributed by atoms with Crippen molar-refractivity contribution < 1.29 is 14.7 Å². The molecule has 0 bridgehead atoms. The maximum atomic E-state index is 12.8. The van der Waals surface area contributed by atoms with Crippen molar-refractivity contribution in [1.29, 1.82) is 0 Å². The third-order valence-electron chi connectivity index (χ3n) is 7.65. The van der Waals surface area contributed by atoms with Crippen LogP contribution in [0.4, 0.5) is 0 Å². The second-order valence-electron chi connectivity index (χ2n) is 10.8. The Labute approximate surface area is 230 Å². The van der Waals surface area contributed by atoms with E-state index < -0.39 is 5.97 Å². The minimum atomic E-state index is -0.927. The standard InChI is InChI=1S/C31H37N3O3S/c1-2-3-8-28-33-29(23-15-16-23)26(18-32-30(35)27(38)17-20-9-10-20)34(28)19-21-11-13-22(14-12-21)24-6-4-5-7-25(24)31(36)37/h4-7,11-14,20,23,27,38H,2-3,8-10,15-19H2,1H3,(H,32,35)(H,36,37). The zero-order valence-electron chi connectivity index (χ0n) is 22.0. The Morgan fingerprint density at radius 2 is 1.84 bits per heavy atom. The van der Waals surface area contributed by atoms with Gasteiger partial charge in [0.2, 0.25) is 5.91 Å². The molecule has 0 aliphatic heterocycles. The van der Waals surface area contributed by atoms with Crippen LogP contribution < -0.4 is 5.32 Å². The van der Waals surface area contributed by atoms with Gasteiger partial charge in [-0.15, -0.1) is 0 Å². The molecule has 200 valence electrons. The number of aromatic nitrogens is 2. The first-order chi connectivity index (χ1) is 18.4. The molecule has 2 aliphatic rings. The van der Waals surface area contributed by atoms with Gasteiger partial charge in [-0.3, -0.25) is 4.79 Å². The molecule has 2 aromatic carbocycles. The molecule has 38 heavy (non-hydrogen) atoms. The molecule has 1 aromatic heterocycles. The van der Waals surface area contributed by atoms with Crippen molar-refractivity contribution in [3.63, 3.8) is 0 Å². The summed E-state index contributed by atoms with van der Waals surface area (Å²) in [5.74, 6) is 1.30. The number of carbonyl (C=O) groups is 2. The molecule has 2 saturated carbocycles. The fourth-order valence-corrected chi connectivity index (χ4v) is 5.49. The molecule has 0 radical (unpaired) electrons. The lowest BCUT2D eigenvalue weighted by Gasteiger charge is -2.16. The number of rotatable bonds is 13. The Morgan fingerprint density at radius 3 is 2.50 bits per heavy atom. The summed E-state index contributed by atoms with van der Waals surface area (Å²) in [6.07, 6.45) is 8.65. The Bertz CT molecular complexity index is 1290. The number of nitrogens with zero attached hydrogens (tertiary/aromatic N) is 2. The molecule has 5 rings (SSSR count). The lowest BCUT2D eigenvalue weighted by Crippen LogP contribution is -2.32. The van der Waals surface area contributed by atoms with Crippen LogP contribution >= 0.6 is 12.6 Å². The normalized spacial score (nSPS) is 15.8. The van der Waals surface area contributed by atoms with E-state index in [4.69, 9.17) is 4.98 Å². The number of nitrogens with one attached hydrogen (secondary N) is 1. The molecule has 2 N–H and O–H groups in total. The lowest BCUT2D eigenvalue weighted by atomic mass is 9.98. The topological polar surface area (TPSA) is 84.2 Å². The van der Waals surface area contributed by atoms with Crippen molar-refractivity contribution in [2.75, 3.05) is 0 Å². The van der Waals surface area contributed by atoms with Gasteiger partial charge in [-0.2, -0.15) is 12.6 Å². The molecule has 3 aromatic rings. The number of imidazole rings is 1. The van der Waals surface area contributed by atoms with E-state index in [0.717, 1.165) is 66.9 Å². The lowest BCUT2D eigenvalue weighted by molar-refractivity contribution is -0.120. The van der Waals surface area contributed by atoms with Crippen molar-refractivity contribution >= 4 is 24.5 Å². The third kappa shape index (κ3) is 6.32. The van der Waals surface area contributed by atoms with Gasteiger partial charge in [0.05, 0.1) is 28.7 Å². The molecule has 2 fully saturated rings. The van der Waals surface area contributed by atoms with E-state index in [1.807, 2.05) is 24.3 Å². The highest BCUT2D eigenvalue weighted by molar-refractivity contribution is 7.81. The van der Waals surface area contributed by atoms with E-state index in [2.05, 4.69) is 41.6 Å². The Hall–Kier alpha value is -3.06. The van der Waals surface area contributed by atoms with Crippen LogP contribution in [0, 0.1) is 5.92 Å². The third-order valence-corrected chi connectivity index (χ3v) is 8.10. The van der Waals surface area contributed by atoms with Crippen LogP contribution in [0.2, 0.25) is 0 Å². The number of amides is 1. The number of hydrogen-bond acceptors (Lipinski definition) is 4. The predicted octanol–water partition coefficient (Wildman–Crippen LogP) is 6.23. The molecule has 1 heterocycles. The van der Waals surface area contributed by atoms with Crippen LogP contribution in [0.5, 0.6) is 0 Å². The molecule has 0 saturated heterocycles. The summed E-state index contributed by atoms with van der Waals surface area (Å²) < 4.78 is 2.30. The van der Waals surface area contributed by atoms with Crippen LogP contribution in [0.15, 0.2) is 48.5 Å². The van der Waals surface area contributed by atoms with E-state index in [1.54, 1.807) is 12.1 Å². The average Bonchev–Trinajstić information content (AvgIpc) is 3.86. The van der Waals surface area contributed by atoms with Crippen LogP contribution in [0.1, 0.15) is 90.9 Å². The van der Waals surface area contributed by atoms with Gasteiger partial charge < -0.3 is 15.0 Å². The van der Waals surface area contributed by atoms with Crippen molar-refractivity contribution in [2.24, 2.45) is 5.92 Å². The first kappa shape index (κ1) is 26.5. The second-order valence-corrected chi connectivity index (χ2v) is 11.4. The van der Waals surface area contributed by atoms with Gasteiger partial charge in [0.1, 0.15) is 5.82 Å². The largest absolute Gasteiger partial charge is 0.478 e. The van der Waals surface area contributed by atoms with Gasteiger partial charge in [-0.05, 0) is 54.4 Å². The smallest absolute Gasteiger partial charge is 0.336 e. The summed E-state index contributed by atoms with van der Waals surface area (Å²) in [6.45, 7) is 3.32. The number of unbranched alkanes of at least 4 members (excludes halogenated alkanes) is 1. The number of carboxylic acids is 1. The molecule has 6 nitrogen and oxygen atoms in total. The Balaban J connectivity index is 1.39. The molecule has 2 aliphatic carbocycles. The van der Waals surface area contributed by atoms with Gasteiger partial charge in [0, 0.05) is 18.9 Å². The highest BCUT2D eigenvalue weighted by Crippen LogP contribution is 2.42. The highest BCUT2D eigenvalue weighted by Gasteiger charge is 2.32. The van der Waals surface area contributed by atoms with E-state index in [-0.39, 0.29) is 11.2 Å². The molecular weight excluding hydrogens is 494 g/mol. The zero-order chi connectivity index (χ0) is 26.6. The number of aryl methyl sites for hydroxylation is 1. The maximum absolute atomic E-state index is 12.8. The summed E-state index contributed by atoms with van der Waals surface area (Å²) in [6, 6.07) is 15.2. The van der Waals surface area contributed by atoms with Crippen LogP contribution in [0.25, 0.3) is 11.1 Å². The van der Waals surface area contributed by atoms with Crippen molar-refractivity contribution in [1.82, 2.24) is 14.9 Å². The van der Waals surface area contributed by atoms with Crippen molar-refractivity contribution in [3.8, 4) is 11.1 Å². The van der Waals surface area contributed by atoms with Gasteiger partial charge in [-0.25, -0.2) is 9.78 Å². The van der Waals surface area contributed by atoms with E-state index in [1.165, 1.54) is 12.8 Å². The summed E-state index contributed by atoms with van der Waals surface area (Å²) in [5, 5.41) is 12.5. The Morgan fingerprint density at radius 1 is 1.11 bits per heavy atom. The molecule has 1 unspecified atom stereocenters. The maximum Gasteiger partial charge on any atom is 0.336 e. The fraction of sp³-hybridized carbons (Fsp3) is 0.452. The van der Waals surface area contributed by atoms with Gasteiger partial charge in [0.15, 0.2) is 0 Å². The summed E-state index contributed by atoms with van der Waals surface area (Å²) in [5.41, 5.74) is 5.26. The number of aromatic carboxylic acids is 1.